The first-order chi connectivity index (χ1) is 6.50. The molecule has 0 N–H and O–H groups in total. The van der Waals surface area contributed by atoms with Crippen molar-refractivity contribution in [2.45, 2.75) is 33.1 Å². The van der Waals surface area contributed by atoms with Crippen molar-refractivity contribution in [1.29, 1.82) is 0 Å². The summed E-state index contributed by atoms with van der Waals surface area (Å²) in [6, 6.07) is 4.05. The number of hydrogen-bond acceptors (Lipinski definition) is 3. The van der Waals surface area contributed by atoms with E-state index in [4.69, 9.17) is 4.63 Å². The Bertz CT molecular complexity index is 349. The van der Waals surface area contributed by atoms with E-state index in [0.717, 1.165) is 11.1 Å². The second-order valence-electron chi connectivity index (χ2n) is 4.33. The Morgan fingerprint density at radius 2 is 1.71 bits per heavy atom. The van der Waals surface area contributed by atoms with E-state index in [9.17, 15) is 0 Å². The highest BCUT2D eigenvalue weighted by Gasteiger charge is 2.12. The fourth-order valence-corrected chi connectivity index (χ4v) is 0.965. The van der Waals surface area contributed by atoms with Crippen molar-refractivity contribution in [1.82, 2.24) is 10.3 Å². The highest BCUT2D eigenvalue weighted by atomic mass is 16.6. The van der Waals surface area contributed by atoms with Crippen LogP contribution in [0.1, 0.15) is 31.9 Å². The van der Waals surface area contributed by atoms with Crippen LogP contribution in [-0.2, 0) is 5.41 Å². The summed E-state index contributed by atoms with van der Waals surface area (Å²) >= 11 is 0. The molecule has 3 nitrogen and oxygen atoms in total. The molecule has 14 heavy (non-hydrogen) atoms. The third-order valence-corrected chi connectivity index (χ3v) is 1.93. The molecular formula is C11H16N2O. The number of hydrogen-bond donors (Lipinski definition) is 0. The molecule has 0 aromatic carbocycles. The lowest BCUT2D eigenvalue weighted by Crippen LogP contribution is -2.10. The van der Waals surface area contributed by atoms with E-state index >= 15 is 0 Å². The van der Waals surface area contributed by atoms with Crippen LogP contribution in [0.4, 0.5) is 0 Å². The molecule has 0 atom stereocenters. The Hall–Kier alpha value is -1.38. The van der Waals surface area contributed by atoms with Gasteiger partial charge in [-0.25, -0.2) is 4.63 Å². The normalized spacial score (nSPS) is 10.9. The van der Waals surface area contributed by atoms with Crippen LogP contribution in [0.5, 0.6) is 0 Å². The van der Waals surface area contributed by atoms with Crippen molar-refractivity contribution in [2.24, 2.45) is 0 Å². The lowest BCUT2D eigenvalue weighted by atomic mass is 9.89. The van der Waals surface area contributed by atoms with E-state index < -0.39 is 0 Å². The molecular weight excluding hydrogens is 176 g/mol. The van der Waals surface area contributed by atoms with E-state index in [-0.39, 0.29) is 5.41 Å². The topological polar surface area (TPSA) is 38.9 Å². The number of aryl methyl sites for hydroxylation is 1. The average Bonchev–Trinajstić information content (AvgIpc) is 2.15. The summed E-state index contributed by atoms with van der Waals surface area (Å²) in [6.07, 6.45) is 3.34. The number of nitrogens with zero attached hydrogens (tertiary/aromatic N) is 2. The minimum absolute atomic E-state index is 0.0635. The van der Waals surface area contributed by atoms with E-state index in [2.05, 4.69) is 31.1 Å². The summed E-state index contributed by atoms with van der Waals surface area (Å²) in [5, 5.41) is 7.41. The molecule has 76 valence electrons. The van der Waals surface area contributed by atoms with Crippen LogP contribution in [0, 0.1) is 6.92 Å². The summed E-state index contributed by atoms with van der Waals surface area (Å²) in [7, 11) is 0. The first kappa shape index (κ1) is 10.7. The van der Waals surface area contributed by atoms with E-state index in [1.165, 1.54) is 0 Å². The molecule has 3 heteroatoms. The maximum Gasteiger partial charge on any atom is 0.0733 e. The molecule has 0 aliphatic heterocycles. The third kappa shape index (κ3) is 3.17. The summed E-state index contributed by atoms with van der Waals surface area (Å²) in [5.41, 5.74) is 2.22. The van der Waals surface area contributed by atoms with Crippen LogP contribution in [0.15, 0.2) is 29.2 Å². The molecule has 1 aromatic heterocycles. The minimum atomic E-state index is 0.0635. The van der Waals surface area contributed by atoms with Gasteiger partial charge in [0.25, 0.3) is 0 Å². The third-order valence-electron chi connectivity index (χ3n) is 1.93. The van der Waals surface area contributed by atoms with Gasteiger partial charge in [-0.1, -0.05) is 43.2 Å². The maximum absolute atomic E-state index is 4.71. The van der Waals surface area contributed by atoms with Crippen molar-refractivity contribution >= 4 is 0 Å². The van der Waals surface area contributed by atoms with Crippen molar-refractivity contribution in [3.05, 3.63) is 35.7 Å². The van der Waals surface area contributed by atoms with Gasteiger partial charge in [-0.05, 0) is 23.5 Å². The Balaban J connectivity index is 3.29. The Morgan fingerprint density at radius 3 is 2.36 bits per heavy atom. The molecule has 1 heterocycles. The fraction of sp³-hybridized carbons (Fsp3) is 0.455. The number of aromatic nitrogens is 2. The number of rotatable bonds is 0. The zero-order valence-corrected chi connectivity index (χ0v) is 9.11. The molecule has 0 spiro atoms. The van der Waals surface area contributed by atoms with Gasteiger partial charge in [0.15, 0.2) is 0 Å². The first-order valence-corrected chi connectivity index (χ1v) is 4.62. The SMILES string of the molecule is Cc1ccc(C(C)(C)C)cnonc1. The molecule has 0 radical (unpaired) electrons. The lowest BCUT2D eigenvalue weighted by Gasteiger charge is -2.16. The van der Waals surface area contributed by atoms with Gasteiger partial charge in [-0.3, -0.25) is 0 Å². The van der Waals surface area contributed by atoms with Gasteiger partial charge < -0.3 is 0 Å². The molecule has 0 unspecified atom stereocenters. The molecule has 0 fully saturated rings. The highest BCUT2D eigenvalue weighted by Crippen LogP contribution is 2.19. The molecule has 0 saturated heterocycles. The average molecular weight is 192 g/mol. The Morgan fingerprint density at radius 1 is 1.07 bits per heavy atom. The monoisotopic (exact) mass is 192 g/mol. The van der Waals surface area contributed by atoms with Crippen LogP contribution in [0.25, 0.3) is 0 Å². The lowest BCUT2D eigenvalue weighted by molar-refractivity contribution is 0.285. The second kappa shape index (κ2) is 4.22. The molecule has 1 aromatic rings. The summed E-state index contributed by atoms with van der Waals surface area (Å²) in [5.74, 6) is 0. The van der Waals surface area contributed by atoms with Gasteiger partial charge in [-0.2, -0.15) is 0 Å². The Labute approximate surface area is 84.4 Å². The van der Waals surface area contributed by atoms with E-state index in [1.807, 2.05) is 19.1 Å². The van der Waals surface area contributed by atoms with Crippen molar-refractivity contribution in [3.63, 3.8) is 0 Å². The molecule has 0 aliphatic carbocycles. The van der Waals surface area contributed by atoms with Crippen LogP contribution < -0.4 is 0 Å². The molecule has 0 aliphatic rings. The maximum atomic E-state index is 4.71. The predicted molar refractivity (Wildman–Crippen MR) is 55.4 cm³/mol. The Kier molecular flexibility index (Phi) is 3.23. The fourth-order valence-electron chi connectivity index (χ4n) is 0.965. The van der Waals surface area contributed by atoms with Crippen LogP contribution >= 0.6 is 0 Å². The van der Waals surface area contributed by atoms with Gasteiger partial charge in [0.1, 0.15) is 0 Å². The van der Waals surface area contributed by atoms with Crippen LogP contribution in [0.3, 0.4) is 0 Å². The van der Waals surface area contributed by atoms with Gasteiger partial charge >= 0.3 is 0 Å². The van der Waals surface area contributed by atoms with Crippen molar-refractivity contribution < 1.29 is 4.63 Å². The standard InChI is InChI=1S/C11H16N2O/c1-9-5-6-10(11(2,3)4)8-13-14-12-7-9/h5-8H,1-4H3. The van der Waals surface area contributed by atoms with E-state index in [1.54, 1.807) is 12.4 Å². The molecule has 0 bridgehead atoms. The van der Waals surface area contributed by atoms with E-state index in [0.29, 0.717) is 0 Å². The first-order valence-electron chi connectivity index (χ1n) is 4.62. The smallest absolute Gasteiger partial charge is 0.0733 e. The summed E-state index contributed by atoms with van der Waals surface area (Å²) in [6.45, 7) is 8.36. The van der Waals surface area contributed by atoms with Gasteiger partial charge in [0.05, 0.1) is 12.4 Å². The second-order valence-corrected chi connectivity index (χ2v) is 4.33. The molecule has 1 rings (SSSR count). The van der Waals surface area contributed by atoms with Crippen molar-refractivity contribution in [3.8, 4) is 0 Å². The summed E-state index contributed by atoms with van der Waals surface area (Å²) in [4.78, 5) is 0. The molecule has 0 amide bonds. The summed E-state index contributed by atoms with van der Waals surface area (Å²) < 4.78 is 4.71. The highest BCUT2D eigenvalue weighted by molar-refractivity contribution is 5.18. The minimum Gasteiger partial charge on any atom is -0.245 e. The predicted octanol–water partition coefficient (Wildman–Crippen LogP) is 2.80. The van der Waals surface area contributed by atoms with Gasteiger partial charge in [0.2, 0.25) is 0 Å². The molecule has 0 saturated carbocycles. The largest absolute Gasteiger partial charge is 0.245 e. The van der Waals surface area contributed by atoms with Gasteiger partial charge in [-0.15, -0.1) is 0 Å². The quantitative estimate of drug-likeness (QED) is 0.634. The van der Waals surface area contributed by atoms with Gasteiger partial charge in [0, 0.05) is 0 Å². The zero-order valence-electron chi connectivity index (χ0n) is 9.11. The van der Waals surface area contributed by atoms with Crippen LogP contribution in [0.2, 0.25) is 0 Å². The van der Waals surface area contributed by atoms with Crippen molar-refractivity contribution in [2.75, 3.05) is 0 Å². The van der Waals surface area contributed by atoms with Crippen LogP contribution in [-0.4, -0.2) is 10.3 Å². The zero-order chi connectivity index (χ0) is 10.6.